The number of aromatic hydroxyl groups is 1. The molecule has 0 amide bonds. The van der Waals surface area contributed by atoms with Gasteiger partial charge in [0.25, 0.3) is 0 Å². The van der Waals surface area contributed by atoms with Crippen LogP contribution in [-0.4, -0.2) is 10.9 Å². The van der Waals surface area contributed by atoms with E-state index in [-0.39, 0.29) is 29.9 Å². The average Bonchev–Trinajstić information content (AvgIpc) is 2.56. The largest absolute Gasteiger partial charge is 0.506 e. The van der Waals surface area contributed by atoms with Crippen molar-refractivity contribution < 1.29 is 14.6 Å². The van der Waals surface area contributed by atoms with E-state index in [4.69, 9.17) is 10.5 Å². The molecule has 0 aliphatic rings. The molecule has 0 radical (unpaired) electrons. The molecule has 3 N–H and O–H groups in total. The van der Waals surface area contributed by atoms with Crippen molar-refractivity contribution in [1.29, 1.82) is 0 Å². The van der Waals surface area contributed by atoms with E-state index < -0.39 is 0 Å². The van der Waals surface area contributed by atoms with Gasteiger partial charge in [-0.15, -0.1) is 12.4 Å². The van der Waals surface area contributed by atoms with Crippen LogP contribution in [-0.2, 0) is 13.2 Å². The van der Waals surface area contributed by atoms with Crippen LogP contribution >= 0.6 is 28.3 Å². The minimum Gasteiger partial charge on any atom is -0.506 e. The van der Waals surface area contributed by atoms with E-state index in [9.17, 15) is 9.90 Å². The normalized spacial score (nSPS) is 10.4. The van der Waals surface area contributed by atoms with Crippen molar-refractivity contribution in [3.8, 4) is 11.5 Å². The van der Waals surface area contributed by atoms with Gasteiger partial charge in [0.05, 0.1) is 5.56 Å². The molecule has 0 unspecified atom stereocenters. The lowest BCUT2D eigenvalue weighted by atomic mass is 10.0. The molecule has 0 saturated heterocycles. The molecule has 0 bridgehead atoms. The van der Waals surface area contributed by atoms with Crippen molar-refractivity contribution in [3.63, 3.8) is 0 Å². The molecular formula is C19H23BrClNO3. The summed E-state index contributed by atoms with van der Waals surface area (Å²) in [4.78, 5) is 12.1. The second kappa shape index (κ2) is 9.80. The molecule has 0 saturated carbocycles. The Morgan fingerprint density at radius 3 is 2.32 bits per heavy atom. The van der Waals surface area contributed by atoms with Gasteiger partial charge in [-0.3, -0.25) is 4.79 Å². The molecule has 2 aromatic carbocycles. The lowest BCUT2D eigenvalue weighted by Crippen LogP contribution is -2.05. The monoisotopic (exact) mass is 427 g/mol. The van der Waals surface area contributed by atoms with Gasteiger partial charge in [0.15, 0.2) is 5.78 Å². The number of nitrogens with two attached hydrogens (primary N) is 1. The molecule has 2 aromatic rings. The summed E-state index contributed by atoms with van der Waals surface area (Å²) in [6.45, 7) is 4.81. The minimum atomic E-state index is -0.0767. The van der Waals surface area contributed by atoms with Crippen molar-refractivity contribution in [2.45, 2.75) is 33.4 Å². The maximum atomic E-state index is 12.1. The summed E-state index contributed by atoms with van der Waals surface area (Å²) in [6, 6.07) is 11.1. The molecule has 2 rings (SSSR count). The second-order valence-corrected chi connectivity index (χ2v) is 6.90. The summed E-state index contributed by atoms with van der Waals surface area (Å²) < 4.78 is 6.14. The Morgan fingerprint density at radius 2 is 1.76 bits per heavy atom. The number of Topliss-reactive ketones (excluding diaryl/α,β-unsaturated/α-hetero) is 1. The first kappa shape index (κ1) is 21.5. The molecule has 136 valence electrons. The van der Waals surface area contributed by atoms with Crippen molar-refractivity contribution >= 4 is 34.1 Å². The smallest absolute Gasteiger partial charge is 0.166 e. The summed E-state index contributed by atoms with van der Waals surface area (Å²) >= 11 is 3.32. The molecular weight excluding hydrogens is 406 g/mol. The number of benzene rings is 2. The maximum absolute atomic E-state index is 12.1. The number of phenolic OH excluding ortho intramolecular Hbond substituents is 1. The van der Waals surface area contributed by atoms with Gasteiger partial charge >= 0.3 is 0 Å². The van der Waals surface area contributed by atoms with E-state index in [1.807, 2.05) is 38.1 Å². The zero-order valence-electron chi connectivity index (χ0n) is 14.3. The predicted molar refractivity (Wildman–Crippen MR) is 106 cm³/mol. The highest BCUT2D eigenvalue weighted by Crippen LogP contribution is 2.37. The van der Waals surface area contributed by atoms with E-state index in [1.54, 1.807) is 12.1 Å². The third-order valence-corrected chi connectivity index (χ3v) is 4.39. The van der Waals surface area contributed by atoms with Crippen molar-refractivity contribution in [2.24, 2.45) is 11.7 Å². The number of rotatable bonds is 7. The Balaban J connectivity index is 0.00000312. The van der Waals surface area contributed by atoms with E-state index in [0.717, 1.165) is 11.1 Å². The Morgan fingerprint density at radius 1 is 1.16 bits per heavy atom. The van der Waals surface area contributed by atoms with Crippen LogP contribution in [0.15, 0.2) is 40.9 Å². The quantitative estimate of drug-likeness (QED) is 0.619. The highest BCUT2D eigenvalue weighted by Gasteiger charge is 2.18. The fourth-order valence-electron chi connectivity index (χ4n) is 2.30. The van der Waals surface area contributed by atoms with E-state index >= 15 is 0 Å². The standard InChI is InChI=1S/C19H22BrNO3.ClH/c1-12(2)9-16(22)15-7-8-17(18(20)19(15)23)24-11-14-5-3-13(10-21)4-6-14;/h3-8,12,23H,9-11,21H2,1-2H3;1H. The van der Waals surface area contributed by atoms with E-state index in [1.165, 1.54) is 0 Å². The molecule has 0 atom stereocenters. The number of carbonyl (C=O) groups excluding carboxylic acids is 1. The van der Waals surface area contributed by atoms with Crippen LogP contribution in [0.2, 0.25) is 0 Å². The molecule has 4 nitrogen and oxygen atoms in total. The van der Waals surface area contributed by atoms with Crippen molar-refractivity contribution in [1.82, 2.24) is 0 Å². The SMILES string of the molecule is CC(C)CC(=O)c1ccc(OCc2ccc(CN)cc2)c(Br)c1O.Cl. The van der Waals surface area contributed by atoms with Crippen LogP contribution in [0.5, 0.6) is 11.5 Å². The summed E-state index contributed by atoms with van der Waals surface area (Å²) in [7, 11) is 0. The Kier molecular flexibility index (Phi) is 8.42. The van der Waals surface area contributed by atoms with E-state index in [0.29, 0.717) is 35.4 Å². The third kappa shape index (κ3) is 5.73. The average molecular weight is 429 g/mol. The van der Waals surface area contributed by atoms with Gasteiger partial charge < -0.3 is 15.6 Å². The zero-order chi connectivity index (χ0) is 17.7. The van der Waals surface area contributed by atoms with Crippen LogP contribution in [0.4, 0.5) is 0 Å². The van der Waals surface area contributed by atoms with Gasteiger partial charge in [-0.2, -0.15) is 0 Å². The molecule has 0 aliphatic carbocycles. The predicted octanol–water partition coefficient (Wildman–Crippen LogP) is 4.84. The van der Waals surface area contributed by atoms with Gasteiger partial charge in [0.2, 0.25) is 0 Å². The van der Waals surface area contributed by atoms with Crippen LogP contribution in [0, 0.1) is 5.92 Å². The fraction of sp³-hybridized carbons (Fsp3) is 0.316. The Labute approximate surface area is 162 Å². The number of carbonyl (C=O) groups is 1. The maximum Gasteiger partial charge on any atom is 0.166 e. The lowest BCUT2D eigenvalue weighted by molar-refractivity contribution is 0.0965. The molecule has 0 heterocycles. The summed E-state index contributed by atoms with van der Waals surface area (Å²) in [6.07, 6.45) is 0.397. The first-order chi connectivity index (χ1) is 11.4. The first-order valence-corrected chi connectivity index (χ1v) is 8.67. The number of hydrogen-bond acceptors (Lipinski definition) is 4. The number of hydrogen-bond donors (Lipinski definition) is 2. The van der Waals surface area contributed by atoms with Crippen molar-refractivity contribution in [3.05, 3.63) is 57.6 Å². The van der Waals surface area contributed by atoms with Crippen LogP contribution in [0.25, 0.3) is 0 Å². The second-order valence-electron chi connectivity index (χ2n) is 6.10. The summed E-state index contributed by atoms with van der Waals surface area (Å²) in [5, 5.41) is 10.3. The van der Waals surface area contributed by atoms with Crippen molar-refractivity contribution in [2.75, 3.05) is 0 Å². The lowest BCUT2D eigenvalue weighted by Gasteiger charge is -2.13. The van der Waals surface area contributed by atoms with Gasteiger partial charge in [-0.25, -0.2) is 0 Å². The molecule has 0 spiro atoms. The Bertz CT molecular complexity index is 717. The molecule has 0 fully saturated rings. The Hall–Kier alpha value is -1.56. The summed E-state index contributed by atoms with van der Waals surface area (Å²) in [5.41, 5.74) is 7.95. The van der Waals surface area contributed by atoms with Gasteiger partial charge in [-0.1, -0.05) is 38.1 Å². The number of phenols is 1. The minimum absolute atomic E-state index is 0. The van der Waals surface area contributed by atoms with E-state index in [2.05, 4.69) is 15.9 Å². The van der Waals surface area contributed by atoms with Gasteiger partial charge in [0.1, 0.15) is 22.6 Å². The fourth-order valence-corrected chi connectivity index (χ4v) is 2.76. The summed E-state index contributed by atoms with van der Waals surface area (Å²) in [5.74, 6) is 0.586. The molecule has 25 heavy (non-hydrogen) atoms. The van der Waals surface area contributed by atoms with Crippen LogP contribution < -0.4 is 10.5 Å². The molecule has 6 heteroatoms. The first-order valence-electron chi connectivity index (χ1n) is 7.87. The number of halogens is 2. The van der Waals surface area contributed by atoms with Crippen LogP contribution in [0.1, 0.15) is 41.8 Å². The third-order valence-electron chi connectivity index (χ3n) is 3.63. The van der Waals surface area contributed by atoms with Gasteiger partial charge in [0, 0.05) is 13.0 Å². The van der Waals surface area contributed by atoms with Gasteiger partial charge in [-0.05, 0) is 45.1 Å². The zero-order valence-corrected chi connectivity index (χ0v) is 16.7. The van der Waals surface area contributed by atoms with Crippen LogP contribution in [0.3, 0.4) is 0 Å². The number of ketones is 1. The molecule has 0 aliphatic heterocycles. The molecule has 0 aromatic heterocycles. The number of ether oxygens (including phenoxy) is 1. The highest BCUT2D eigenvalue weighted by molar-refractivity contribution is 9.10. The topological polar surface area (TPSA) is 72.5 Å². The highest BCUT2D eigenvalue weighted by atomic mass is 79.9.